The third-order valence-electron chi connectivity index (χ3n) is 5.09. The number of carbonyl (C=O) groups excluding carboxylic acids is 1. The number of rotatable bonds is 4. The third-order valence-corrected chi connectivity index (χ3v) is 5.09. The van der Waals surface area contributed by atoms with Crippen LogP contribution in [0, 0.1) is 0 Å². The highest BCUT2D eigenvalue weighted by Crippen LogP contribution is 2.38. The fraction of sp³-hybridized carbons (Fsp3) is 0.750. The van der Waals surface area contributed by atoms with Crippen molar-refractivity contribution in [3.63, 3.8) is 0 Å². The van der Waals surface area contributed by atoms with Crippen LogP contribution in [0.2, 0.25) is 0 Å². The van der Waals surface area contributed by atoms with E-state index in [-0.39, 0.29) is 49.5 Å². The first-order chi connectivity index (χ1) is 11.9. The Morgan fingerprint density at radius 2 is 1.96 bits per heavy atom. The van der Waals surface area contributed by atoms with E-state index >= 15 is 0 Å². The predicted molar refractivity (Wildman–Crippen MR) is 82.2 cm³/mol. The van der Waals surface area contributed by atoms with Gasteiger partial charge in [-0.3, -0.25) is 9.48 Å². The Hall–Kier alpha value is -1.61. The molecule has 0 spiro atoms. The van der Waals surface area contributed by atoms with Gasteiger partial charge in [0.15, 0.2) is 5.69 Å². The maximum absolute atomic E-state index is 13.4. The van der Waals surface area contributed by atoms with Gasteiger partial charge in [0.1, 0.15) is 5.69 Å². The fourth-order valence-electron chi connectivity index (χ4n) is 3.78. The second-order valence-electron chi connectivity index (χ2n) is 6.55. The molecule has 0 atom stereocenters. The molecular weight excluding hydrogens is 339 g/mol. The van der Waals surface area contributed by atoms with Crippen molar-refractivity contribution in [3.05, 3.63) is 17.0 Å². The minimum Gasteiger partial charge on any atom is -0.395 e. The first-order valence-electron chi connectivity index (χ1n) is 8.48. The lowest BCUT2D eigenvalue weighted by Gasteiger charge is -2.31. The molecule has 25 heavy (non-hydrogen) atoms. The predicted octanol–water partition coefficient (Wildman–Crippen LogP) is 2.02. The largest absolute Gasteiger partial charge is 0.435 e. The third kappa shape index (κ3) is 3.39. The molecule has 0 radical (unpaired) electrons. The summed E-state index contributed by atoms with van der Waals surface area (Å²) in [6.07, 6.45) is -1.68. The molecule has 1 saturated carbocycles. The lowest BCUT2D eigenvalue weighted by atomic mass is 9.92. The normalized spacial score (nSPS) is 24.5. The number of hydrogen-bond donors (Lipinski definition) is 1. The van der Waals surface area contributed by atoms with Crippen LogP contribution in [0.25, 0.3) is 0 Å². The number of aliphatic hydroxyl groups excluding tert-OH is 1. The highest BCUT2D eigenvalue weighted by Gasteiger charge is 2.44. The molecule has 2 aliphatic rings. The molecule has 2 heterocycles. The molecular formula is C16H22F3N3O3. The van der Waals surface area contributed by atoms with Crippen molar-refractivity contribution in [2.24, 2.45) is 0 Å². The van der Waals surface area contributed by atoms with Crippen molar-refractivity contribution in [2.75, 3.05) is 26.8 Å². The quantitative estimate of drug-likeness (QED) is 0.891. The highest BCUT2D eigenvalue weighted by molar-refractivity contribution is 5.95. The summed E-state index contributed by atoms with van der Waals surface area (Å²) in [4.78, 5) is 14.1. The van der Waals surface area contributed by atoms with Crippen LogP contribution in [0.1, 0.15) is 53.5 Å². The molecule has 1 amide bonds. The Morgan fingerprint density at radius 3 is 2.52 bits per heavy atom. The standard InChI is InChI=1S/C16H22F3N3O3/c1-25-11-4-2-10(3-5-11)22-13-12(14(20-22)16(17,18)19)6-7-21(8-9-23)15(13)24/h10-11,23H,2-9H2,1H3. The van der Waals surface area contributed by atoms with Crippen molar-refractivity contribution in [2.45, 2.75) is 50.4 Å². The number of ether oxygens (including phenoxy) is 1. The van der Waals surface area contributed by atoms with E-state index < -0.39 is 17.8 Å². The smallest absolute Gasteiger partial charge is 0.395 e. The Morgan fingerprint density at radius 1 is 1.28 bits per heavy atom. The van der Waals surface area contributed by atoms with Crippen LogP contribution in [0.5, 0.6) is 0 Å². The molecule has 0 aromatic carbocycles. The zero-order valence-electron chi connectivity index (χ0n) is 14.1. The number of aromatic nitrogens is 2. The highest BCUT2D eigenvalue weighted by atomic mass is 19.4. The number of hydrogen-bond acceptors (Lipinski definition) is 4. The summed E-state index contributed by atoms with van der Waals surface area (Å²) in [6.45, 7) is 0.0547. The van der Waals surface area contributed by atoms with Gasteiger partial charge in [0.05, 0.1) is 18.8 Å². The lowest BCUT2D eigenvalue weighted by molar-refractivity contribution is -0.142. The molecule has 1 N–H and O–H groups in total. The van der Waals surface area contributed by atoms with Gasteiger partial charge in [-0.15, -0.1) is 0 Å². The summed E-state index contributed by atoms with van der Waals surface area (Å²) < 4.78 is 46.7. The minimum absolute atomic E-state index is 0.0134. The summed E-state index contributed by atoms with van der Waals surface area (Å²) >= 11 is 0. The Balaban J connectivity index is 1.98. The van der Waals surface area contributed by atoms with Crippen molar-refractivity contribution in [3.8, 4) is 0 Å². The summed E-state index contributed by atoms with van der Waals surface area (Å²) in [5.74, 6) is -0.479. The Kier molecular flexibility index (Phi) is 5.06. The van der Waals surface area contributed by atoms with Gasteiger partial charge in [-0.05, 0) is 32.1 Å². The van der Waals surface area contributed by atoms with Crippen molar-refractivity contribution >= 4 is 5.91 Å². The van der Waals surface area contributed by atoms with Crippen LogP contribution in [-0.2, 0) is 17.3 Å². The second-order valence-corrected chi connectivity index (χ2v) is 6.55. The van der Waals surface area contributed by atoms with Gasteiger partial charge < -0.3 is 14.7 Å². The van der Waals surface area contributed by atoms with Crippen LogP contribution in [0.4, 0.5) is 13.2 Å². The number of amides is 1. The van der Waals surface area contributed by atoms with E-state index in [1.54, 1.807) is 7.11 Å². The van der Waals surface area contributed by atoms with E-state index in [0.29, 0.717) is 12.8 Å². The maximum atomic E-state index is 13.4. The van der Waals surface area contributed by atoms with Gasteiger partial charge in [-0.2, -0.15) is 18.3 Å². The van der Waals surface area contributed by atoms with Crippen molar-refractivity contribution in [1.82, 2.24) is 14.7 Å². The SMILES string of the molecule is COC1CCC(n2nc(C(F)(F)F)c3c2C(=O)N(CCO)CC3)CC1. The topological polar surface area (TPSA) is 67.6 Å². The van der Waals surface area contributed by atoms with Gasteiger partial charge in [0.2, 0.25) is 0 Å². The average molecular weight is 361 g/mol. The number of carbonyl (C=O) groups is 1. The molecule has 6 nitrogen and oxygen atoms in total. The zero-order chi connectivity index (χ0) is 18.2. The van der Waals surface area contributed by atoms with E-state index in [1.165, 1.54) is 9.58 Å². The average Bonchev–Trinajstić information content (AvgIpc) is 2.98. The first-order valence-corrected chi connectivity index (χ1v) is 8.48. The van der Waals surface area contributed by atoms with Gasteiger partial charge in [-0.25, -0.2) is 0 Å². The maximum Gasteiger partial charge on any atom is 0.435 e. The van der Waals surface area contributed by atoms with Crippen LogP contribution in [-0.4, -0.2) is 58.6 Å². The Bertz CT molecular complexity index is 637. The van der Waals surface area contributed by atoms with E-state index in [2.05, 4.69) is 5.10 Å². The van der Waals surface area contributed by atoms with Gasteiger partial charge in [-0.1, -0.05) is 0 Å². The molecule has 1 aliphatic carbocycles. The number of fused-ring (bicyclic) bond motifs is 1. The summed E-state index contributed by atoms with van der Waals surface area (Å²) in [5.41, 5.74) is -0.929. The summed E-state index contributed by atoms with van der Waals surface area (Å²) in [7, 11) is 1.62. The number of β-amino-alcohol motifs (C(OH)–C–C–N with tert-alkyl or cyclic N) is 1. The van der Waals surface area contributed by atoms with Crippen LogP contribution >= 0.6 is 0 Å². The summed E-state index contributed by atoms with van der Waals surface area (Å²) in [6, 6.07) is -0.241. The number of methoxy groups -OCH3 is 1. The van der Waals surface area contributed by atoms with Crippen molar-refractivity contribution < 1.29 is 27.8 Å². The first kappa shape index (κ1) is 18.2. The fourth-order valence-corrected chi connectivity index (χ4v) is 3.78. The number of nitrogens with zero attached hydrogens (tertiary/aromatic N) is 3. The number of aliphatic hydroxyl groups is 1. The molecule has 1 fully saturated rings. The number of halogens is 3. The van der Waals surface area contributed by atoms with E-state index in [1.807, 2.05) is 0 Å². The molecule has 0 saturated heterocycles. The van der Waals surface area contributed by atoms with Gasteiger partial charge in [0, 0.05) is 25.8 Å². The molecule has 0 bridgehead atoms. The monoisotopic (exact) mass is 361 g/mol. The molecule has 140 valence electrons. The molecule has 1 aromatic heterocycles. The lowest BCUT2D eigenvalue weighted by Crippen LogP contribution is -2.41. The minimum atomic E-state index is -4.58. The zero-order valence-corrected chi connectivity index (χ0v) is 14.1. The van der Waals surface area contributed by atoms with Crippen LogP contribution < -0.4 is 0 Å². The molecule has 3 rings (SSSR count). The second kappa shape index (κ2) is 6.95. The van der Waals surface area contributed by atoms with E-state index in [0.717, 1.165) is 12.8 Å². The van der Waals surface area contributed by atoms with Crippen LogP contribution in [0.15, 0.2) is 0 Å². The summed E-state index contributed by atoms with van der Waals surface area (Å²) in [5, 5.41) is 12.9. The van der Waals surface area contributed by atoms with E-state index in [9.17, 15) is 18.0 Å². The molecule has 0 unspecified atom stereocenters. The van der Waals surface area contributed by atoms with E-state index in [4.69, 9.17) is 9.84 Å². The molecule has 9 heteroatoms. The van der Waals surface area contributed by atoms with Crippen molar-refractivity contribution in [1.29, 1.82) is 0 Å². The molecule has 1 aliphatic heterocycles. The van der Waals surface area contributed by atoms with Crippen LogP contribution in [0.3, 0.4) is 0 Å². The Labute approximate surface area is 143 Å². The number of alkyl halides is 3. The van der Waals surface area contributed by atoms with Gasteiger partial charge >= 0.3 is 6.18 Å². The van der Waals surface area contributed by atoms with Gasteiger partial charge in [0.25, 0.3) is 5.91 Å². The molecule has 1 aromatic rings.